The molecule has 0 fully saturated rings. The summed E-state index contributed by atoms with van der Waals surface area (Å²) in [6.07, 6.45) is 14.8. The number of fused-ring (bicyclic) bond motifs is 2. The number of rotatable bonds is 0. The van der Waals surface area contributed by atoms with Crippen molar-refractivity contribution in [2.24, 2.45) is 9.98 Å². The van der Waals surface area contributed by atoms with Crippen LogP contribution in [-0.4, -0.2) is 17.8 Å². The van der Waals surface area contributed by atoms with Crippen molar-refractivity contribution in [3.05, 3.63) is 89.8 Å². The number of hydrogen-bond acceptors (Lipinski definition) is 6. The summed E-state index contributed by atoms with van der Waals surface area (Å²) >= 11 is 0. The topological polar surface area (TPSA) is 79.9 Å². The monoisotopic (exact) mass is 356 g/mol. The third-order valence-electron chi connectivity index (χ3n) is 3.47. The van der Waals surface area contributed by atoms with E-state index in [2.05, 4.69) is 21.0 Å². The standard InChI is InChI=1S/C21H16N4O2/c22-16-20-17-9-15-26-13-5-11-23-10-3-4-14-27-21-7-2-1-6-19(21)25-18(17)8-12-24-20/h1-14H,15H2/b10-3-,13-5-,14-4-,17-9+,23-11+,25-18?. The highest BCUT2D eigenvalue weighted by Crippen LogP contribution is 2.26. The molecule has 0 radical (unpaired) electrons. The molecule has 6 heteroatoms. The van der Waals surface area contributed by atoms with Crippen LogP contribution in [0, 0.1) is 11.3 Å². The lowest BCUT2D eigenvalue weighted by Crippen LogP contribution is -2.29. The molecule has 3 rings (SSSR count). The molecule has 0 aliphatic carbocycles. The number of aromatic nitrogens is 1. The van der Waals surface area contributed by atoms with Crippen LogP contribution in [0.15, 0.2) is 83.5 Å². The normalized spacial score (nSPS) is 19.6. The Morgan fingerprint density at radius 3 is 2.89 bits per heavy atom. The van der Waals surface area contributed by atoms with Gasteiger partial charge in [0.2, 0.25) is 0 Å². The zero-order valence-electron chi connectivity index (χ0n) is 14.4. The second kappa shape index (κ2) is 9.49. The molecule has 27 heavy (non-hydrogen) atoms. The molecular formula is C21H16N4O2. The highest BCUT2D eigenvalue weighted by Gasteiger charge is 2.02. The second-order valence-corrected chi connectivity index (χ2v) is 5.24. The van der Waals surface area contributed by atoms with Crippen LogP contribution >= 0.6 is 0 Å². The van der Waals surface area contributed by atoms with Gasteiger partial charge in [0.1, 0.15) is 24.1 Å². The Labute approximate surface area is 156 Å². The molecule has 0 spiro atoms. The van der Waals surface area contributed by atoms with Gasteiger partial charge < -0.3 is 9.47 Å². The maximum Gasteiger partial charge on any atom is 0.152 e. The van der Waals surface area contributed by atoms with Crippen LogP contribution < -0.4 is 15.3 Å². The molecule has 1 aliphatic heterocycles. The van der Waals surface area contributed by atoms with E-state index < -0.39 is 0 Å². The molecule has 1 aromatic carbocycles. The first kappa shape index (κ1) is 17.8. The number of ether oxygens (including phenoxy) is 2. The molecule has 132 valence electrons. The molecule has 0 atom stereocenters. The van der Waals surface area contributed by atoms with Gasteiger partial charge in [-0.1, -0.05) is 12.1 Å². The highest BCUT2D eigenvalue weighted by atomic mass is 16.5. The van der Waals surface area contributed by atoms with Crippen molar-refractivity contribution in [3.63, 3.8) is 0 Å². The summed E-state index contributed by atoms with van der Waals surface area (Å²) < 4.78 is 11.1. The fourth-order valence-electron chi connectivity index (χ4n) is 2.26. The van der Waals surface area contributed by atoms with E-state index in [0.29, 0.717) is 22.0 Å². The lowest BCUT2D eigenvalue weighted by molar-refractivity contribution is 0.300. The van der Waals surface area contributed by atoms with E-state index in [1.807, 2.05) is 24.3 Å². The summed E-state index contributed by atoms with van der Waals surface area (Å²) in [5.74, 6) is 0.592. The largest absolute Gasteiger partial charge is 0.497 e. The molecular weight excluding hydrogens is 340 g/mol. The van der Waals surface area contributed by atoms with Gasteiger partial charge in [-0.3, -0.25) is 4.99 Å². The second-order valence-electron chi connectivity index (χ2n) is 5.24. The Morgan fingerprint density at radius 2 is 1.96 bits per heavy atom. The minimum atomic E-state index is 0.267. The van der Waals surface area contributed by atoms with Gasteiger partial charge >= 0.3 is 0 Å². The van der Waals surface area contributed by atoms with Crippen LogP contribution in [0.5, 0.6) is 5.75 Å². The van der Waals surface area contributed by atoms with Gasteiger partial charge in [-0.2, -0.15) is 5.26 Å². The van der Waals surface area contributed by atoms with E-state index in [1.165, 1.54) is 6.26 Å². The predicted molar refractivity (Wildman–Crippen MR) is 103 cm³/mol. The number of pyridine rings is 1. The number of benzene rings is 1. The van der Waals surface area contributed by atoms with E-state index in [0.717, 1.165) is 0 Å². The average Bonchev–Trinajstić information content (AvgIpc) is 2.70. The Balaban J connectivity index is 2.14. The third kappa shape index (κ3) is 5.00. The highest BCUT2D eigenvalue weighted by molar-refractivity contribution is 5.71. The van der Waals surface area contributed by atoms with Gasteiger partial charge in [-0.25, -0.2) is 9.98 Å². The van der Waals surface area contributed by atoms with Gasteiger partial charge in [0, 0.05) is 23.8 Å². The Kier molecular flexibility index (Phi) is 6.27. The molecule has 0 saturated heterocycles. The van der Waals surface area contributed by atoms with Crippen molar-refractivity contribution in [2.75, 3.05) is 6.61 Å². The van der Waals surface area contributed by atoms with E-state index in [1.54, 1.807) is 55.2 Å². The number of nitrogens with zero attached hydrogens (tertiary/aromatic N) is 4. The molecule has 0 saturated carbocycles. The van der Waals surface area contributed by atoms with Crippen LogP contribution in [0.2, 0.25) is 0 Å². The van der Waals surface area contributed by atoms with Crippen molar-refractivity contribution in [2.45, 2.75) is 0 Å². The molecule has 0 amide bonds. The number of hydrogen-bond donors (Lipinski definition) is 0. The van der Waals surface area contributed by atoms with Crippen LogP contribution in [-0.2, 0) is 4.74 Å². The SMILES string of the molecule is N#Cc1nccc2/c1=C\CO\C=C/C=N/C=C\C=C/Oc1ccccc1N=2. The summed E-state index contributed by atoms with van der Waals surface area (Å²) in [7, 11) is 0. The lowest BCUT2D eigenvalue weighted by Gasteiger charge is -2.04. The fourth-order valence-corrected chi connectivity index (χ4v) is 2.26. The van der Waals surface area contributed by atoms with Gasteiger partial charge in [0.15, 0.2) is 5.75 Å². The average molecular weight is 356 g/mol. The van der Waals surface area contributed by atoms with Gasteiger partial charge in [0.25, 0.3) is 0 Å². The van der Waals surface area contributed by atoms with Crippen molar-refractivity contribution in [1.29, 1.82) is 5.26 Å². The van der Waals surface area contributed by atoms with Gasteiger partial charge in [-0.05, 0) is 42.5 Å². The summed E-state index contributed by atoms with van der Waals surface area (Å²) in [6.45, 7) is 0.267. The number of nitriles is 1. The van der Waals surface area contributed by atoms with Crippen LogP contribution in [0.4, 0.5) is 5.69 Å². The molecule has 1 aliphatic rings. The first-order valence-electron chi connectivity index (χ1n) is 8.20. The van der Waals surface area contributed by atoms with Crippen LogP contribution in [0.25, 0.3) is 6.08 Å². The Morgan fingerprint density at radius 1 is 1.04 bits per heavy atom. The molecule has 6 nitrogen and oxygen atoms in total. The van der Waals surface area contributed by atoms with Crippen LogP contribution in [0.1, 0.15) is 5.69 Å². The predicted octanol–water partition coefficient (Wildman–Crippen LogP) is 2.71. The molecule has 2 aromatic rings. The number of para-hydroxylation sites is 2. The van der Waals surface area contributed by atoms with Crippen molar-refractivity contribution >= 4 is 18.0 Å². The van der Waals surface area contributed by atoms with Gasteiger partial charge in [0.05, 0.1) is 17.9 Å². The Hall–Kier alpha value is -3.98. The first-order chi connectivity index (χ1) is 13.4. The van der Waals surface area contributed by atoms with Crippen molar-refractivity contribution in [1.82, 2.24) is 4.98 Å². The molecule has 0 N–H and O–H groups in total. The van der Waals surface area contributed by atoms with E-state index in [4.69, 9.17) is 9.47 Å². The van der Waals surface area contributed by atoms with Crippen molar-refractivity contribution in [3.8, 4) is 11.8 Å². The minimum Gasteiger partial charge on any atom is -0.497 e. The first-order valence-corrected chi connectivity index (χ1v) is 8.20. The quantitative estimate of drug-likeness (QED) is 0.727. The Bertz CT molecular complexity index is 1080. The molecule has 2 heterocycles. The van der Waals surface area contributed by atoms with Gasteiger partial charge in [-0.15, -0.1) is 0 Å². The third-order valence-corrected chi connectivity index (χ3v) is 3.47. The minimum absolute atomic E-state index is 0.267. The molecule has 1 aromatic heterocycles. The summed E-state index contributed by atoms with van der Waals surface area (Å²) in [5, 5.41) is 10.6. The zero-order chi connectivity index (χ0) is 18.7. The fraction of sp³-hybridized carbons (Fsp3) is 0.0476. The summed E-state index contributed by atoms with van der Waals surface area (Å²) in [4.78, 5) is 12.8. The smallest absolute Gasteiger partial charge is 0.152 e. The number of aliphatic imine (C=N–C) groups is 1. The van der Waals surface area contributed by atoms with Crippen molar-refractivity contribution < 1.29 is 9.47 Å². The summed E-state index contributed by atoms with van der Waals surface area (Å²) in [6, 6.07) is 11.2. The zero-order valence-corrected chi connectivity index (χ0v) is 14.4. The lowest BCUT2D eigenvalue weighted by atomic mass is 10.2. The molecule has 0 bridgehead atoms. The molecule has 0 unspecified atom stereocenters. The maximum absolute atomic E-state index is 9.37. The summed E-state index contributed by atoms with van der Waals surface area (Å²) in [5.41, 5.74) is 0.921. The maximum atomic E-state index is 9.37. The number of allylic oxidation sites excluding steroid dienone is 3. The van der Waals surface area contributed by atoms with E-state index >= 15 is 0 Å². The van der Waals surface area contributed by atoms with Crippen LogP contribution in [0.3, 0.4) is 0 Å². The van der Waals surface area contributed by atoms with E-state index in [9.17, 15) is 5.26 Å². The van der Waals surface area contributed by atoms with E-state index in [-0.39, 0.29) is 12.3 Å².